The summed E-state index contributed by atoms with van der Waals surface area (Å²) in [6, 6.07) is 0. The van der Waals surface area contributed by atoms with Crippen molar-refractivity contribution in [2.75, 3.05) is 6.61 Å². The summed E-state index contributed by atoms with van der Waals surface area (Å²) in [5, 5.41) is 9.22. The number of aliphatic hydroxyl groups is 1. The molecule has 4 fully saturated rings. The van der Waals surface area contributed by atoms with Gasteiger partial charge in [0.1, 0.15) is 0 Å². The predicted molar refractivity (Wildman–Crippen MR) is 96.5 cm³/mol. The van der Waals surface area contributed by atoms with Gasteiger partial charge in [0.15, 0.2) is 0 Å². The highest BCUT2D eigenvalue weighted by Gasteiger charge is 2.57. The second-order valence-corrected chi connectivity index (χ2v) is 10.2. The average molecular weight is 373 g/mol. The van der Waals surface area contributed by atoms with E-state index in [0.717, 1.165) is 43.4 Å². The molecular formula is C22H35F3O. The van der Waals surface area contributed by atoms with E-state index in [-0.39, 0.29) is 0 Å². The maximum atomic E-state index is 13.2. The molecule has 1 nitrogen and oxygen atoms in total. The Bertz CT molecular complexity index is 504. The highest BCUT2D eigenvalue weighted by molar-refractivity contribution is 5.06. The van der Waals surface area contributed by atoms with Gasteiger partial charge in [-0.2, -0.15) is 13.2 Å². The van der Waals surface area contributed by atoms with Gasteiger partial charge in [0.25, 0.3) is 0 Å². The summed E-state index contributed by atoms with van der Waals surface area (Å²) in [6.07, 6.45) is 7.00. The van der Waals surface area contributed by atoms with E-state index in [1.807, 2.05) is 0 Å². The van der Waals surface area contributed by atoms with Gasteiger partial charge in [-0.3, -0.25) is 0 Å². The Hall–Kier alpha value is -0.250. The monoisotopic (exact) mass is 372 g/mol. The Balaban J connectivity index is 1.46. The lowest BCUT2D eigenvalue weighted by molar-refractivity contribution is -0.196. The predicted octanol–water partition coefficient (Wildman–Crippen LogP) is 6.21. The van der Waals surface area contributed by atoms with Gasteiger partial charge >= 0.3 is 6.18 Å². The van der Waals surface area contributed by atoms with Gasteiger partial charge in [-0.25, -0.2) is 0 Å². The van der Waals surface area contributed by atoms with E-state index in [9.17, 15) is 18.3 Å². The fourth-order valence-corrected chi connectivity index (χ4v) is 8.07. The first-order chi connectivity index (χ1) is 12.3. The Morgan fingerprint density at radius 3 is 2.42 bits per heavy atom. The van der Waals surface area contributed by atoms with Crippen LogP contribution in [0.4, 0.5) is 13.2 Å². The van der Waals surface area contributed by atoms with Gasteiger partial charge in [0.2, 0.25) is 0 Å². The average Bonchev–Trinajstić information content (AvgIpc) is 2.94. The molecule has 26 heavy (non-hydrogen) atoms. The van der Waals surface area contributed by atoms with Gasteiger partial charge in [0, 0.05) is 6.61 Å². The highest BCUT2D eigenvalue weighted by Crippen LogP contribution is 2.65. The molecule has 1 N–H and O–H groups in total. The maximum absolute atomic E-state index is 13.2. The van der Waals surface area contributed by atoms with Gasteiger partial charge in [-0.15, -0.1) is 0 Å². The number of halogens is 3. The summed E-state index contributed by atoms with van der Waals surface area (Å²) >= 11 is 0. The van der Waals surface area contributed by atoms with Crippen LogP contribution < -0.4 is 0 Å². The van der Waals surface area contributed by atoms with Crippen LogP contribution in [-0.2, 0) is 0 Å². The van der Waals surface area contributed by atoms with Crippen LogP contribution in [0.1, 0.15) is 77.6 Å². The second kappa shape index (κ2) is 6.97. The molecule has 0 aromatic heterocycles. The summed E-state index contributed by atoms with van der Waals surface area (Å²) < 4.78 is 39.6. The molecule has 4 rings (SSSR count). The van der Waals surface area contributed by atoms with E-state index in [1.165, 1.54) is 32.1 Å². The lowest BCUT2D eigenvalue weighted by atomic mass is 9.49. The van der Waals surface area contributed by atoms with Gasteiger partial charge < -0.3 is 5.11 Å². The van der Waals surface area contributed by atoms with Crippen molar-refractivity contribution in [2.45, 2.75) is 83.7 Å². The minimum Gasteiger partial charge on any atom is -0.396 e. The van der Waals surface area contributed by atoms with Gasteiger partial charge in [-0.1, -0.05) is 6.92 Å². The lowest BCUT2D eigenvalue weighted by Gasteiger charge is -2.56. The molecule has 0 radical (unpaired) electrons. The molecule has 4 aliphatic carbocycles. The minimum atomic E-state index is -3.99. The molecule has 0 bridgehead atoms. The van der Waals surface area contributed by atoms with E-state index in [4.69, 9.17) is 0 Å². The largest absolute Gasteiger partial charge is 0.396 e. The quantitative estimate of drug-likeness (QED) is 0.625. The zero-order chi connectivity index (χ0) is 18.5. The second-order valence-electron chi connectivity index (χ2n) is 10.2. The van der Waals surface area contributed by atoms with Crippen molar-refractivity contribution in [2.24, 2.45) is 46.8 Å². The normalized spacial score (nSPS) is 48.6. The third kappa shape index (κ3) is 3.12. The molecule has 0 heterocycles. The van der Waals surface area contributed by atoms with Crippen molar-refractivity contribution in [3.05, 3.63) is 0 Å². The first-order valence-electron chi connectivity index (χ1n) is 11.0. The van der Waals surface area contributed by atoms with Crippen LogP contribution in [0.2, 0.25) is 0 Å². The Labute approximate surface area is 156 Å². The van der Waals surface area contributed by atoms with Crippen LogP contribution in [0.5, 0.6) is 0 Å². The number of hydrogen-bond acceptors (Lipinski definition) is 1. The van der Waals surface area contributed by atoms with Crippen LogP contribution >= 0.6 is 0 Å². The molecule has 0 amide bonds. The van der Waals surface area contributed by atoms with Crippen LogP contribution in [0.25, 0.3) is 0 Å². The minimum absolute atomic E-state index is 0.299. The van der Waals surface area contributed by atoms with Crippen LogP contribution in [-0.4, -0.2) is 17.9 Å². The number of alkyl halides is 3. The van der Waals surface area contributed by atoms with Crippen LogP contribution in [0.3, 0.4) is 0 Å². The van der Waals surface area contributed by atoms with Gasteiger partial charge in [-0.05, 0) is 112 Å². The summed E-state index contributed by atoms with van der Waals surface area (Å²) in [5.41, 5.74) is 0.423. The van der Waals surface area contributed by atoms with Gasteiger partial charge in [0.05, 0.1) is 5.92 Å². The van der Waals surface area contributed by atoms with Crippen LogP contribution in [0.15, 0.2) is 0 Å². The summed E-state index contributed by atoms with van der Waals surface area (Å²) in [5.74, 6) is 2.84. The molecule has 3 unspecified atom stereocenters. The van der Waals surface area contributed by atoms with Crippen molar-refractivity contribution in [3.8, 4) is 0 Å². The topological polar surface area (TPSA) is 20.2 Å². The standard InChI is InChI=1S/C22H35F3O/c1-21-11-10-18-17-8-5-16(22(23,24)25)13-14(17)4-7-19(18)20(21)9-6-15(21)3-2-12-26/h14-20,26H,2-13H2,1H3/t14-,15?,16+,17+,18?,19-,20?,21-/m1/s1. The zero-order valence-electron chi connectivity index (χ0n) is 16.1. The van der Waals surface area contributed by atoms with Crippen molar-refractivity contribution >= 4 is 0 Å². The van der Waals surface area contributed by atoms with E-state index in [0.29, 0.717) is 42.6 Å². The first kappa shape index (κ1) is 19.1. The van der Waals surface area contributed by atoms with Crippen molar-refractivity contribution in [1.82, 2.24) is 0 Å². The Morgan fingerprint density at radius 1 is 0.923 bits per heavy atom. The summed E-state index contributed by atoms with van der Waals surface area (Å²) in [7, 11) is 0. The zero-order valence-corrected chi connectivity index (χ0v) is 16.1. The van der Waals surface area contributed by atoms with E-state index in [1.54, 1.807) is 0 Å². The smallest absolute Gasteiger partial charge is 0.391 e. The van der Waals surface area contributed by atoms with Crippen molar-refractivity contribution < 1.29 is 18.3 Å². The molecule has 4 saturated carbocycles. The maximum Gasteiger partial charge on any atom is 0.391 e. The Kier molecular flexibility index (Phi) is 5.12. The molecule has 0 aliphatic heterocycles. The molecule has 4 heteroatoms. The number of hydrogen-bond donors (Lipinski definition) is 1. The number of aliphatic hydroxyl groups excluding tert-OH is 1. The Morgan fingerprint density at radius 2 is 1.69 bits per heavy atom. The van der Waals surface area contributed by atoms with Crippen molar-refractivity contribution in [3.63, 3.8) is 0 Å². The van der Waals surface area contributed by atoms with E-state index >= 15 is 0 Å². The molecule has 0 aromatic carbocycles. The third-order valence-electron chi connectivity index (χ3n) is 9.32. The van der Waals surface area contributed by atoms with E-state index in [2.05, 4.69) is 6.92 Å². The number of fused-ring (bicyclic) bond motifs is 5. The molecule has 150 valence electrons. The van der Waals surface area contributed by atoms with Crippen molar-refractivity contribution in [1.29, 1.82) is 0 Å². The fourth-order valence-electron chi connectivity index (χ4n) is 8.07. The van der Waals surface area contributed by atoms with Crippen LogP contribution in [0, 0.1) is 46.8 Å². The summed E-state index contributed by atoms with van der Waals surface area (Å²) in [4.78, 5) is 0. The molecule has 4 aliphatic rings. The molecule has 0 saturated heterocycles. The SMILES string of the molecule is C[C@]12CCC3[C@@H](CC[C@@H]4C[C@@H](C(F)(F)F)CC[C@H]34)C1CCC2CCCO. The third-order valence-corrected chi connectivity index (χ3v) is 9.32. The fraction of sp³-hybridized carbons (Fsp3) is 1.00. The highest BCUT2D eigenvalue weighted by atomic mass is 19.4. The van der Waals surface area contributed by atoms with E-state index < -0.39 is 12.1 Å². The summed E-state index contributed by atoms with van der Waals surface area (Å²) in [6.45, 7) is 2.79. The first-order valence-corrected chi connectivity index (χ1v) is 11.0. The molecule has 0 aromatic rings. The molecule has 8 atom stereocenters. The molecular weight excluding hydrogens is 337 g/mol. The lowest BCUT2D eigenvalue weighted by Crippen LogP contribution is -2.49. The number of rotatable bonds is 3. The molecule has 0 spiro atoms.